The van der Waals surface area contributed by atoms with E-state index in [4.69, 9.17) is 14.5 Å². The van der Waals surface area contributed by atoms with Gasteiger partial charge in [-0.1, -0.05) is 6.07 Å². The molecule has 6 heterocycles. The number of piperidine rings is 3. The zero-order valence-electron chi connectivity index (χ0n) is 16.5. The lowest BCUT2D eigenvalue weighted by Crippen LogP contribution is -2.60. The molecule has 2 aromatic rings. The van der Waals surface area contributed by atoms with Crippen LogP contribution in [0.4, 0.5) is 5.82 Å². The molecule has 2 bridgehead atoms. The second-order valence-electron chi connectivity index (χ2n) is 8.66. The molecule has 0 aliphatic carbocycles. The lowest BCUT2D eigenvalue weighted by atomic mass is 9.75. The largest absolute Gasteiger partial charge is 0.454 e. The van der Waals surface area contributed by atoms with Gasteiger partial charge in [0.1, 0.15) is 11.9 Å². The Kier molecular flexibility index (Phi) is 3.75. The number of pyridine rings is 1. The molecule has 5 aliphatic heterocycles. The first kappa shape index (κ1) is 17.1. The standard InChI is InChI=1S/C23H24N4O2/c1-14-2-3-17(11-24)23(25-14)27-12-18(16-4-5-19-20(10-16)29-13-28-19)22-21(27)15-6-8-26(22)9-7-15/h2-5,10,15,18,21-22H,6-9,12-13H2,1H3/t18-,21+,22+/m1/s1. The molecular weight excluding hydrogens is 364 g/mol. The molecule has 148 valence electrons. The number of anilines is 1. The molecule has 0 N–H and O–H groups in total. The van der Waals surface area contributed by atoms with Crippen LogP contribution in [0.15, 0.2) is 30.3 Å². The SMILES string of the molecule is Cc1ccc(C#N)c(N2C[C@H](c3ccc4c(c3)OCO4)[C@H]3[C@@H]2C2CCN3CC2)n1. The van der Waals surface area contributed by atoms with Crippen LogP contribution in [0.1, 0.15) is 35.6 Å². The Balaban J connectivity index is 1.45. The van der Waals surface area contributed by atoms with Crippen molar-refractivity contribution >= 4 is 5.82 Å². The average Bonchev–Trinajstić information content (AvgIpc) is 3.40. The molecule has 6 heteroatoms. The Labute approximate surface area is 170 Å². The first-order valence-electron chi connectivity index (χ1n) is 10.5. The van der Waals surface area contributed by atoms with Gasteiger partial charge >= 0.3 is 0 Å². The van der Waals surface area contributed by atoms with E-state index in [2.05, 4.69) is 28.0 Å². The van der Waals surface area contributed by atoms with E-state index in [1.165, 1.54) is 31.5 Å². The van der Waals surface area contributed by atoms with Crippen molar-refractivity contribution in [1.29, 1.82) is 5.26 Å². The van der Waals surface area contributed by atoms with E-state index in [1.54, 1.807) is 0 Å². The van der Waals surface area contributed by atoms with Crippen LogP contribution in [-0.2, 0) is 0 Å². The molecule has 29 heavy (non-hydrogen) atoms. The molecule has 6 nitrogen and oxygen atoms in total. The Hall–Kier alpha value is -2.78. The average molecular weight is 388 g/mol. The Morgan fingerprint density at radius 3 is 2.72 bits per heavy atom. The lowest BCUT2D eigenvalue weighted by Gasteiger charge is -2.51. The second kappa shape index (κ2) is 6.36. The molecule has 4 fully saturated rings. The maximum Gasteiger partial charge on any atom is 0.231 e. The highest BCUT2D eigenvalue weighted by atomic mass is 16.7. The van der Waals surface area contributed by atoms with Crippen molar-refractivity contribution in [2.45, 2.75) is 37.8 Å². The van der Waals surface area contributed by atoms with E-state index in [1.807, 2.05) is 25.1 Å². The maximum atomic E-state index is 9.73. The summed E-state index contributed by atoms with van der Waals surface area (Å²) in [6, 6.07) is 13.5. The van der Waals surface area contributed by atoms with Crippen molar-refractivity contribution in [3.05, 3.63) is 47.2 Å². The van der Waals surface area contributed by atoms with Gasteiger partial charge in [-0.2, -0.15) is 5.26 Å². The van der Waals surface area contributed by atoms with Crippen molar-refractivity contribution in [1.82, 2.24) is 9.88 Å². The molecule has 3 atom stereocenters. The summed E-state index contributed by atoms with van der Waals surface area (Å²) in [5.41, 5.74) is 2.94. The number of benzene rings is 1. The van der Waals surface area contributed by atoms with Gasteiger partial charge < -0.3 is 14.4 Å². The number of aromatic nitrogens is 1. The maximum absolute atomic E-state index is 9.73. The smallest absolute Gasteiger partial charge is 0.231 e. The zero-order valence-corrected chi connectivity index (χ0v) is 16.5. The summed E-state index contributed by atoms with van der Waals surface area (Å²) in [7, 11) is 0. The molecule has 0 amide bonds. The van der Waals surface area contributed by atoms with Crippen LogP contribution in [0, 0.1) is 24.2 Å². The monoisotopic (exact) mass is 388 g/mol. The number of nitriles is 1. The predicted molar refractivity (Wildman–Crippen MR) is 108 cm³/mol. The molecule has 0 saturated carbocycles. The minimum absolute atomic E-state index is 0.300. The van der Waals surface area contributed by atoms with Gasteiger partial charge in [0.05, 0.1) is 5.56 Å². The highest BCUT2D eigenvalue weighted by molar-refractivity contribution is 5.58. The van der Waals surface area contributed by atoms with Crippen LogP contribution in [0.3, 0.4) is 0 Å². The topological polar surface area (TPSA) is 61.6 Å². The molecule has 0 spiro atoms. The summed E-state index contributed by atoms with van der Waals surface area (Å²) in [5, 5.41) is 9.73. The van der Waals surface area contributed by atoms with Crippen molar-refractivity contribution in [3.8, 4) is 17.6 Å². The number of hydrogen-bond acceptors (Lipinski definition) is 6. The van der Waals surface area contributed by atoms with E-state index < -0.39 is 0 Å². The van der Waals surface area contributed by atoms with Gasteiger partial charge in [0, 0.05) is 30.2 Å². The molecule has 0 radical (unpaired) electrons. The summed E-state index contributed by atoms with van der Waals surface area (Å²) >= 11 is 0. The molecule has 5 aliphatic rings. The summed E-state index contributed by atoms with van der Waals surface area (Å²) in [6.45, 7) is 5.53. The third-order valence-corrected chi connectivity index (χ3v) is 7.23. The first-order valence-corrected chi connectivity index (χ1v) is 10.5. The number of aryl methyl sites for hydroxylation is 1. The Morgan fingerprint density at radius 1 is 1.07 bits per heavy atom. The quantitative estimate of drug-likeness (QED) is 0.788. The van der Waals surface area contributed by atoms with Crippen LogP contribution in [0.25, 0.3) is 0 Å². The van der Waals surface area contributed by atoms with E-state index in [0.717, 1.165) is 29.6 Å². The van der Waals surface area contributed by atoms with E-state index in [0.29, 0.717) is 36.3 Å². The molecule has 1 aromatic carbocycles. The van der Waals surface area contributed by atoms with E-state index >= 15 is 0 Å². The fraction of sp³-hybridized carbons (Fsp3) is 0.478. The molecule has 1 aromatic heterocycles. The van der Waals surface area contributed by atoms with Gasteiger partial charge in [-0.3, -0.25) is 4.90 Å². The van der Waals surface area contributed by atoms with Crippen LogP contribution < -0.4 is 14.4 Å². The fourth-order valence-electron chi connectivity index (χ4n) is 5.95. The van der Waals surface area contributed by atoms with Gasteiger partial charge in [-0.25, -0.2) is 4.98 Å². The van der Waals surface area contributed by atoms with Crippen molar-refractivity contribution in [3.63, 3.8) is 0 Å². The minimum Gasteiger partial charge on any atom is -0.454 e. The van der Waals surface area contributed by atoms with Gasteiger partial charge in [0.2, 0.25) is 6.79 Å². The van der Waals surface area contributed by atoms with Crippen molar-refractivity contribution < 1.29 is 9.47 Å². The van der Waals surface area contributed by atoms with Crippen LogP contribution in [0.2, 0.25) is 0 Å². The van der Waals surface area contributed by atoms with Crippen LogP contribution >= 0.6 is 0 Å². The summed E-state index contributed by atoms with van der Waals surface area (Å²) < 4.78 is 11.2. The van der Waals surface area contributed by atoms with Gasteiger partial charge in [0.15, 0.2) is 11.5 Å². The first-order chi connectivity index (χ1) is 14.2. The van der Waals surface area contributed by atoms with E-state index in [-0.39, 0.29) is 0 Å². The van der Waals surface area contributed by atoms with Gasteiger partial charge in [-0.15, -0.1) is 0 Å². The number of rotatable bonds is 2. The number of nitrogens with zero attached hydrogens (tertiary/aromatic N) is 4. The summed E-state index contributed by atoms with van der Waals surface area (Å²) in [6.07, 6.45) is 2.47. The third-order valence-electron chi connectivity index (χ3n) is 7.23. The van der Waals surface area contributed by atoms with Crippen LogP contribution in [0.5, 0.6) is 11.5 Å². The fourth-order valence-corrected chi connectivity index (χ4v) is 5.95. The highest BCUT2D eigenvalue weighted by Gasteiger charge is 2.54. The zero-order chi connectivity index (χ0) is 19.5. The normalized spacial score (nSPS) is 31.6. The lowest BCUT2D eigenvalue weighted by molar-refractivity contribution is 0.0354. The molecule has 0 unspecified atom stereocenters. The van der Waals surface area contributed by atoms with E-state index in [9.17, 15) is 5.26 Å². The third kappa shape index (κ3) is 2.54. The molecule has 4 saturated heterocycles. The molecule has 7 rings (SSSR count). The van der Waals surface area contributed by atoms with Gasteiger partial charge in [0.25, 0.3) is 0 Å². The predicted octanol–water partition coefficient (Wildman–Crippen LogP) is 3.06. The number of fused-ring (bicyclic) bond motifs is 3. The van der Waals surface area contributed by atoms with Gasteiger partial charge in [-0.05, 0) is 68.6 Å². The molecular formula is C23H24N4O2. The van der Waals surface area contributed by atoms with Crippen LogP contribution in [-0.4, -0.2) is 48.4 Å². The highest BCUT2D eigenvalue weighted by Crippen LogP contribution is 2.49. The van der Waals surface area contributed by atoms with Crippen molar-refractivity contribution in [2.24, 2.45) is 5.92 Å². The van der Waals surface area contributed by atoms with Crippen molar-refractivity contribution in [2.75, 3.05) is 31.3 Å². The number of hydrogen-bond donors (Lipinski definition) is 0. The number of ether oxygens (including phenoxy) is 2. The minimum atomic E-state index is 0.300. The summed E-state index contributed by atoms with van der Waals surface area (Å²) in [5.74, 6) is 3.57. The Morgan fingerprint density at radius 2 is 1.90 bits per heavy atom. The summed E-state index contributed by atoms with van der Waals surface area (Å²) in [4.78, 5) is 9.94. The Bertz CT molecular complexity index is 1010. The second-order valence-corrected chi connectivity index (χ2v) is 8.66.